The van der Waals surface area contributed by atoms with Crippen LogP contribution < -0.4 is 5.32 Å². The first-order valence-electron chi connectivity index (χ1n) is 4.63. The molecule has 0 radical (unpaired) electrons. The van der Waals surface area contributed by atoms with Crippen LogP contribution in [0.5, 0.6) is 0 Å². The summed E-state index contributed by atoms with van der Waals surface area (Å²) in [5.74, 6) is -1.76. The van der Waals surface area contributed by atoms with Crippen molar-refractivity contribution in [2.45, 2.75) is 6.42 Å². The first-order chi connectivity index (χ1) is 7.13. The highest BCUT2D eigenvalue weighted by Gasteiger charge is 2.48. The third kappa shape index (κ3) is 1.46. The highest BCUT2D eigenvalue weighted by molar-refractivity contribution is 6.06. The van der Waals surface area contributed by atoms with Crippen molar-refractivity contribution in [3.8, 4) is 6.07 Å². The number of hydrogen-bond acceptors (Lipinski definition) is 4. The Bertz CT molecular complexity index is 363. The number of nitriles is 1. The molecule has 2 atom stereocenters. The number of likely N-dealkylation sites (tertiary alicyclic amines) is 1. The smallest absolute Gasteiger partial charge is 0.236 e. The first kappa shape index (κ1) is 9.65. The molecule has 0 spiro atoms. The zero-order chi connectivity index (χ0) is 11.0. The van der Waals surface area contributed by atoms with Gasteiger partial charge < -0.3 is 4.90 Å². The molecule has 0 aromatic carbocycles. The van der Waals surface area contributed by atoms with Gasteiger partial charge in [-0.3, -0.25) is 19.7 Å². The van der Waals surface area contributed by atoms with E-state index in [0.717, 1.165) is 0 Å². The van der Waals surface area contributed by atoms with Crippen LogP contribution in [0.25, 0.3) is 0 Å². The van der Waals surface area contributed by atoms with Gasteiger partial charge in [-0.15, -0.1) is 0 Å². The van der Waals surface area contributed by atoms with Crippen LogP contribution in [0, 0.1) is 23.2 Å². The highest BCUT2D eigenvalue weighted by atomic mass is 16.2. The Morgan fingerprint density at radius 3 is 2.40 bits per heavy atom. The normalized spacial score (nSPS) is 28.6. The lowest BCUT2D eigenvalue weighted by Gasteiger charge is -2.14. The zero-order valence-electron chi connectivity index (χ0n) is 7.90. The maximum atomic E-state index is 11.4. The first-order valence-corrected chi connectivity index (χ1v) is 4.63. The van der Waals surface area contributed by atoms with Crippen molar-refractivity contribution < 1.29 is 14.4 Å². The lowest BCUT2D eigenvalue weighted by atomic mass is 10.00. The number of rotatable bonds is 1. The van der Waals surface area contributed by atoms with Gasteiger partial charge in [-0.25, -0.2) is 0 Å². The summed E-state index contributed by atoms with van der Waals surface area (Å²) in [5.41, 5.74) is 0. The van der Waals surface area contributed by atoms with Gasteiger partial charge in [0.25, 0.3) is 0 Å². The van der Waals surface area contributed by atoms with Gasteiger partial charge in [0.1, 0.15) is 6.42 Å². The van der Waals surface area contributed by atoms with Gasteiger partial charge in [0.05, 0.1) is 17.9 Å². The second-order valence-electron chi connectivity index (χ2n) is 3.70. The number of carbonyl (C=O) groups excluding carboxylic acids is 3. The predicted molar refractivity (Wildman–Crippen MR) is 46.9 cm³/mol. The number of hydrogen-bond donors (Lipinski definition) is 1. The van der Waals surface area contributed by atoms with E-state index >= 15 is 0 Å². The molecular formula is C9H9N3O3. The van der Waals surface area contributed by atoms with Crippen LogP contribution in [0.3, 0.4) is 0 Å². The molecule has 0 saturated carbocycles. The fraction of sp³-hybridized carbons (Fsp3) is 0.556. The van der Waals surface area contributed by atoms with Gasteiger partial charge in [0.2, 0.25) is 17.7 Å². The van der Waals surface area contributed by atoms with Crippen molar-refractivity contribution in [1.29, 1.82) is 5.26 Å². The van der Waals surface area contributed by atoms with Crippen molar-refractivity contribution in [3.05, 3.63) is 0 Å². The number of fused-ring (bicyclic) bond motifs is 1. The Labute approximate surface area is 85.8 Å². The Kier molecular flexibility index (Phi) is 2.15. The molecule has 1 N–H and O–H groups in total. The van der Waals surface area contributed by atoms with E-state index in [-0.39, 0.29) is 37.2 Å². The van der Waals surface area contributed by atoms with E-state index < -0.39 is 11.8 Å². The van der Waals surface area contributed by atoms with Gasteiger partial charge in [0.15, 0.2) is 0 Å². The van der Waals surface area contributed by atoms with Crippen molar-refractivity contribution in [2.24, 2.45) is 11.8 Å². The summed E-state index contributed by atoms with van der Waals surface area (Å²) in [4.78, 5) is 35.3. The van der Waals surface area contributed by atoms with Gasteiger partial charge in [-0.05, 0) is 0 Å². The van der Waals surface area contributed by atoms with Gasteiger partial charge in [-0.1, -0.05) is 0 Å². The average Bonchev–Trinajstić information content (AvgIpc) is 2.70. The second kappa shape index (κ2) is 3.35. The minimum atomic E-state index is -0.417. The molecule has 6 nitrogen and oxygen atoms in total. The van der Waals surface area contributed by atoms with Crippen LogP contribution in [-0.4, -0.2) is 35.7 Å². The standard InChI is InChI=1S/C9H9N3O3/c10-2-1-7(13)12-3-5-6(4-12)9(15)11-8(5)14/h5-6H,1,3-4H2,(H,11,14,15)/t5-,6-/m1/s1. The number of carbonyl (C=O) groups is 3. The van der Waals surface area contributed by atoms with Gasteiger partial charge >= 0.3 is 0 Å². The van der Waals surface area contributed by atoms with Crippen molar-refractivity contribution >= 4 is 17.7 Å². The maximum Gasteiger partial charge on any atom is 0.236 e. The molecule has 2 aliphatic heterocycles. The van der Waals surface area contributed by atoms with Crippen LogP contribution in [0.1, 0.15) is 6.42 Å². The largest absolute Gasteiger partial charge is 0.340 e. The topological polar surface area (TPSA) is 90.3 Å². The Morgan fingerprint density at radius 1 is 1.40 bits per heavy atom. The van der Waals surface area contributed by atoms with E-state index in [1.165, 1.54) is 4.90 Å². The minimum Gasteiger partial charge on any atom is -0.340 e. The molecule has 2 saturated heterocycles. The molecule has 0 aliphatic carbocycles. The second-order valence-corrected chi connectivity index (χ2v) is 3.70. The van der Waals surface area contributed by atoms with Crippen LogP contribution in [0.2, 0.25) is 0 Å². The third-order valence-electron chi connectivity index (χ3n) is 2.82. The Balaban J connectivity index is 2.07. The molecule has 15 heavy (non-hydrogen) atoms. The molecule has 2 rings (SSSR count). The molecule has 3 amide bonds. The average molecular weight is 207 g/mol. The van der Waals surface area contributed by atoms with Crippen molar-refractivity contribution in [2.75, 3.05) is 13.1 Å². The number of amides is 3. The molecule has 78 valence electrons. The van der Waals surface area contributed by atoms with Gasteiger partial charge in [0, 0.05) is 13.1 Å². The van der Waals surface area contributed by atoms with E-state index in [9.17, 15) is 14.4 Å². The summed E-state index contributed by atoms with van der Waals surface area (Å²) in [5, 5.41) is 10.6. The fourth-order valence-corrected chi connectivity index (χ4v) is 2.03. The Hall–Kier alpha value is -1.90. The van der Waals surface area contributed by atoms with Crippen LogP contribution in [0.15, 0.2) is 0 Å². The van der Waals surface area contributed by atoms with Crippen molar-refractivity contribution in [1.82, 2.24) is 10.2 Å². The van der Waals surface area contributed by atoms with E-state index in [0.29, 0.717) is 0 Å². The van der Waals surface area contributed by atoms with E-state index in [2.05, 4.69) is 5.32 Å². The molecule has 0 aromatic rings. The molecule has 0 bridgehead atoms. The van der Waals surface area contributed by atoms with E-state index in [1.54, 1.807) is 6.07 Å². The van der Waals surface area contributed by atoms with E-state index in [1.807, 2.05) is 0 Å². The summed E-state index contributed by atoms with van der Waals surface area (Å²) in [6.07, 6.45) is -0.199. The molecule has 2 aliphatic rings. The highest BCUT2D eigenvalue weighted by Crippen LogP contribution is 2.28. The maximum absolute atomic E-state index is 11.4. The molecule has 2 fully saturated rings. The summed E-state index contributed by atoms with van der Waals surface area (Å²) in [7, 11) is 0. The SMILES string of the molecule is N#CCC(=O)N1C[C@H]2C(=O)NC(=O)[C@@H]2C1. The lowest BCUT2D eigenvalue weighted by Crippen LogP contribution is -2.34. The van der Waals surface area contributed by atoms with Gasteiger partial charge in [-0.2, -0.15) is 5.26 Å². The molecule has 0 aromatic heterocycles. The number of nitrogens with zero attached hydrogens (tertiary/aromatic N) is 2. The lowest BCUT2D eigenvalue weighted by molar-refractivity contribution is -0.130. The predicted octanol–water partition coefficient (Wildman–Crippen LogP) is -1.37. The summed E-state index contributed by atoms with van der Waals surface area (Å²) in [6.45, 7) is 0.505. The zero-order valence-corrected chi connectivity index (χ0v) is 7.90. The van der Waals surface area contributed by atoms with Crippen molar-refractivity contribution in [3.63, 3.8) is 0 Å². The monoisotopic (exact) mass is 207 g/mol. The molecule has 6 heteroatoms. The number of nitrogens with one attached hydrogen (secondary N) is 1. The third-order valence-corrected chi connectivity index (χ3v) is 2.82. The molecule has 0 unspecified atom stereocenters. The summed E-state index contributed by atoms with van der Waals surface area (Å²) < 4.78 is 0. The molecule has 2 heterocycles. The van der Waals surface area contributed by atoms with Crippen LogP contribution in [0.4, 0.5) is 0 Å². The Morgan fingerprint density at radius 2 is 1.93 bits per heavy atom. The minimum absolute atomic E-state index is 0.199. The number of imide groups is 1. The van der Waals surface area contributed by atoms with E-state index in [4.69, 9.17) is 5.26 Å². The summed E-state index contributed by atoms with van der Waals surface area (Å²) in [6, 6.07) is 1.76. The van der Waals surface area contributed by atoms with Crippen LogP contribution >= 0.6 is 0 Å². The summed E-state index contributed by atoms with van der Waals surface area (Å²) >= 11 is 0. The molecular weight excluding hydrogens is 198 g/mol. The van der Waals surface area contributed by atoms with Crippen LogP contribution in [-0.2, 0) is 14.4 Å². The fourth-order valence-electron chi connectivity index (χ4n) is 2.03. The quantitative estimate of drug-likeness (QED) is 0.537.